The molecule has 0 bridgehead atoms. The molecule has 0 saturated carbocycles. The molecule has 0 spiro atoms. The summed E-state index contributed by atoms with van der Waals surface area (Å²) >= 11 is 5.99. The van der Waals surface area contributed by atoms with Crippen molar-refractivity contribution in [2.24, 2.45) is 5.16 Å². The summed E-state index contributed by atoms with van der Waals surface area (Å²) in [5.74, 6) is 0.724. The highest BCUT2D eigenvalue weighted by Gasteiger charge is 2.02. The molecule has 0 saturated heterocycles. The second kappa shape index (κ2) is 6.20. The average Bonchev–Trinajstić information content (AvgIpc) is 2.46. The fraction of sp³-hybridized carbons (Fsp3) is 0.143. The van der Waals surface area contributed by atoms with Crippen LogP contribution < -0.4 is 4.74 Å². The van der Waals surface area contributed by atoms with E-state index < -0.39 is 0 Å². The molecule has 0 fully saturated rings. The van der Waals surface area contributed by atoms with E-state index in [1.54, 1.807) is 19.3 Å². The predicted octanol–water partition coefficient (Wildman–Crippen LogP) is 3.51. The number of nitrogens with zero attached hydrogens (tertiary/aromatic N) is 2. The van der Waals surface area contributed by atoms with Crippen molar-refractivity contribution in [1.29, 1.82) is 0 Å². The number of hydrogen-bond donors (Lipinski definition) is 1. The average molecular weight is 277 g/mol. The largest absolute Gasteiger partial charge is 0.489 e. The van der Waals surface area contributed by atoms with E-state index in [9.17, 15) is 0 Å². The lowest BCUT2D eigenvalue weighted by molar-refractivity contribution is 0.306. The van der Waals surface area contributed by atoms with Crippen molar-refractivity contribution in [1.82, 2.24) is 4.98 Å². The van der Waals surface area contributed by atoms with Gasteiger partial charge in [0.15, 0.2) is 0 Å². The second-order valence-corrected chi connectivity index (χ2v) is 4.37. The van der Waals surface area contributed by atoms with Crippen molar-refractivity contribution in [2.45, 2.75) is 13.5 Å². The van der Waals surface area contributed by atoms with Crippen LogP contribution in [0.3, 0.4) is 0 Å². The maximum atomic E-state index is 8.68. The van der Waals surface area contributed by atoms with Crippen LogP contribution >= 0.6 is 11.6 Å². The van der Waals surface area contributed by atoms with E-state index in [4.69, 9.17) is 21.5 Å². The molecule has 2 aromatic rings. The topological polar surface area (TPSA) is 54.7 Å². The Labute approximate surface area is 116 Å². The SMILES string of the molecule is CC(=NO)c1ccc(OCc2ccncc2Cl)cc1. The van der Waals surface area contributed by atoms with Crippen molar-refractivity contribution in [3.8, 4) is 5.75 Å². The van der Waals surface area contributed by atoms with Gasteiger partial charge >= 0.3 is 0 Å². The molecule has 0 amide bonds. The molecule has 0 aliphatic heterocycles. The summed E-state index contributed by atoms with van der Waals surface area (Å²) in [5.41, 5.74) is 2.29. The summed E-state index contributed by atoms with van der Waals surface area (Å²) in [7, 11) is 0. The first kappa shape index (κ1) is 13.4. The van der Waals surface area contributed by atoms with E-state index in [0.717, 1.165) is 16.9 Å². The van der Waals surface area contributed by atoms with Gasteiger partial charge in [-0.2, -0.15) is 0 Å². The van der Waals surface area contributed by atoms with Gasteiger partial charge in [0.1, 0.15) is 12.4 Å². The van der Waals surface area contributed by atoms with Crippen LogP contribution in [0, 0.1) is 0 Å². The molecular weight excluding hydrogens is 264 g/mol. The van der Waals surface area contributed by atoms with Gasteiger partial charge < -0.3 is 9.94 Å². The fourth-order valence-electron chi connectivity index (χ4n) is 1.53. The van der Waals surface area contributed by atoms with Crippen molar-refractivity contribution in [3.63, 3.8) is 0 Å². The van der Waals surface area contributed by atoms with Gasteiger partial charge in [-0.25, -0.2) is 0 Å². The number of benzene rings is 1. The first-order chi connectivity index (χ1) is 9.20. The van der Waals surface area contributed by atoms with Gasteiger partial charge in [0, 0.05) is 18.0 Å². The first-order valence-corrected chi connectivity index (χ1v) is 6.09. The minimum absolute atomic E-state index is 0.383. The molecule has 2 rings (SSSR count). The molecule has 0 atom stereocenters. The zero-order chi connectivity index (χ0) is 13.7. The highest BCUT2D eigenvalue weighted by Crippen LogP contribution is 2.18. The van der Waals surface area contributed by atoms with E-state index >= 15 is 0 Å². The minimum atomic E-state index is 0.383. The lowest BCUT2D eigenvalue weighted by Gasteiger charge is -2.08. The minimum Gasteiger partial charge on any atom is -0.489 e. The summed E-state index contributed by atoms with van der Waals surface area (Å²) in [6.45, 7) is 2.11. The van der Waals surface area contributed by atoms with Crippen LogP contribution in [0.15, 0.2) is 47.9 Å². The van der Waals surface area contributed by atoms with Crippen molar-refractivity contribution < 1.29 is 9.94 Å². The summed E-state index contributed by atoms with van der Waals surface area (Å²) in [4.78, 5) is 3.92. The number of rotatable bonds is 4. The number of ether oxygens (including phenoxy) is 1. The number of halogens is 1. The Hall–Kier alpha value is -2.07. The molecule has 0 aliphatic carbocycles. The third-order valence-electron chi connectivity index (χ3n) is 2.67. The normalized spacial score (nSPS) is 11.4. The first-order valence-electron chi connectivity index (χ1n) is 5.71. The molecule has 0 radical (unpaired) electrons. The summed E-state index contributed by atoms with van der Waals surface area (Å²) in [5, 5.41) is 12.4. The van der Waals surface area contributed by atoms with Gasteiger partial charge in [-0.1, -0.05) is 16.8 Å². The Morgan fingerprint density at radius 2 is 2.05 bits per heavy atom. The Bertz CT molecular complexity index is 582. The van der Waals surface area contributed by atoms with Gasteiger partial charge in [0.25, 0.3) is 0 Å². The third-order valence-corrected chi connectivity index (χ3v) is 3.01. The molecule has 19 heavy (non-hydrogen) atoms. The molecule has 1 N–H and O–H groups in total. The molecule has 5 heteroatoms. The van der Waals surface area contributed by atoms with E-state index in [2.05, 4.69) is 10.1 Å². The molecule has 98 valence electrons. The van der Waals surface area contributed by atoms with Gasteiger partial charge in [-0.05, 0) is 42.8 Å². The smallest absolute Gasteiger partial charge is 0.119 e. The van der Waals surface area contributed by atoms with Crippen LogP contribution in [0.1, 0.15) is 18.1 Å². The van der Waals surface area contributed by atoms with Gasteiger partial charge in [-0.15, -0.1) is 0 Å². The molecular formula is C14H13ClN2O2. The highest BCUT2D eigenvalue weighted by atomic mass is 35.5. The summed E-state index contributed by atoms with van der Waals surface area (Å²) in [6, 6.07) is 9.12. The Kier molecular flexibility index (Phi) is 4.36. The van der Waals surface area contributed by atoms with Crippen LogP contribution in [0.4, 0.5) is 0 Å². The monoisotopic (exact) mass is 276 g/mol. The Morgan fingerprint density at radius 3 is 2.68 bits per heavy atom. The Balaban J connectivity index is 2.03. The van der Waals surface area contributed by atoms with E-state index in [1.165, 1.54) is 0 Å². The molecule has 1 heterocycles. The maximum Gasteiger partial charge on any atom is 0.119 e. The predicted molar refractivity (Wildman–Crippen MR) is 74.0 cm³/mol. The van der Waals surface area contributed by atoms with Crippen molar-refractivity contribution in [2.75, 3.05) is 0 Å². The number of aromatic nitrogens is 1. The van der Waals surface area contributed by atoms with Crippen LogP contribution in [0.2, 0.25) is 5.02 Å². The quantitative estimate of drug-likeness (QED) is 0.528. The van der Waals surface area contributed by atoms with Gasteiger partial charge in [-0.3, -0.25) is 4.98 Å². The molecule has 0 unspecified atom stereocenters. The molecule has 1 aromatic heterocycles. The third kappa shape index (κ3) is 3.45. The lowest BCUT2D eigenvalue weighted by atomic mass is 10.1. The van der Waals surface area contributed by atoms with Gasteiger partial charge in [0.05, 0.1) is 10.7 Å². The van der Waals surface area contributed by atoms with Gasteiger partial charge in [0.2, 0.25) is 0 Å². The van der Waals surface area contributed by atoms with Crippen molar-refractivity contribution >= 4 is 17.3 Å². The highest BCUT2D eigenvalue weighted by molar-refractivity contribution is 6.31. The van der Waals surface area contributed by atoms with Crippen LogP contribution in [-0.4, -0.2) is 15.9 Å². The Morgan fingerprint density at radius 1 is 1.32 bits per heavy atom. The summed E-state index contributed by atoms with van der Waals surface area (Å²) in [6.07, 6.45) is 3.26. The van der Waals surface area contributed by atoms with Crippen LogP contribution in [0.25, 0.3) is 0 Å². The van der Waals surface area contributed by atoms with Crippen LogP contribution in [-0.2, 0) is 6.61 Å². The maximum absolute atomic E-state index is 8.68. The molecule has 0 aliphatic rings. The number of hydrogen-bond acceptors (Lipinski definition) is 4. The number of oxime groups is 1. The van der Waals surface area contributed by atoms with Crippen LogP contribution in [0.5, 0.6) is 5.75 Å². The fourth-order valence-corrected chi connectivity index (χ4v) is 1.71. The lowest BCUT2D eigenvalue weighted by Crippen LogP contribution is -1.98. The van der Waals surface area contributed by atoms with Crippen molar-refractivity contribution in [3.05, 3.63) is 58.9 Å². The molecule has 1 aromatic carbocycles. The zero-order valence-electron chi connectivity index (χ0n) is 10.4. The standard InChI is InChI=1S/C14H13ClN2O2/c1-10(17-18)11-2-4-13(5-3-11)19-9-12-6-7-16-8-14(12)15/h2-8,18H,9H2,1H3. The number of pyridine rings is 1. The van der Waals surface area contributed by atoms with E-state index in [0.29, 0.717) is 17.3 Å². The second-order valence-electron chi connectivity index (χ2n) is 3.97. The molecule has 4 nitrogen and oxygen atoms in total. The van der Waals surface area contributed by atoms with E-state index in [1.807, 2.05) is 30.3 Å². The van der Waals surface area contributed by atoms with E-state index in [-0.39, 0.29) is 0 Å². The summed E-state index contributed by atoms with van der Waals surface area (Å²) < 4.78 is 5.63. The zero-order valence-corrected chi connectivity index (χ0v) is 11.1.